The van der Waals surface area contributed by atoms with Crippen LogP contribution in [0.1, 0.15) is 17.5 Å². The molecule has 3 rings (SSSR count). The summed E-state index contributed by atoms with van der Waals surface area (Å²) >= 11 is 12.0. The van der Waals surface area contributed by atoms with Crippen molar-refractivity contribution in [2.45, 2.75) is 19.6 Å². The van der Waals surface area contributed by atoms with Gasteiger partial charge in [-0.15, -0.1) is 0 Å². The van der Waals surface area contributed by atoms with E-state index in [0.29, 0.717) is 16.7 Å². The minimum atomic E-state index is 0.466. The number of nitrogens with zero attached hydrogens (tertiary/aromatic N) is 1. The number of hydrogen-bond acceptors (Lipinski definition) is 4. The molecule has 1 aliphatic heterocycles. The molecule has 0 amide bonds. The van der Waals surface area contributed by atoms with E-state index in [1.165, 1.54) is 5.56 Å². The van der Waals surface area contributed by atoms with Crippen LogP contribution in [0, 0.1) is 0 Å². The number of halogens is 2. The standard InChI is InChI=1S/C21H26Cl2N2O2/c22-20-6-5-18(14-21(20)23)16-27-19-4-1-3-17(13-19)15-24-7-2-8-25-9-11-26-12-10-25/h1,3-6,13-14,24H,2,7-12,15-16H2. The van der Waals surface area contributed by atoms with Crippen LogP contribution < -0.4 is 10.1 Å². The third-order valence-corrected chi connectivity index (χ3v) is 5.29. The van der Waals surface area contributed by atoms with Gasteiger partial charge < -0.3 is 14.8 Å². The summed E-state index contributed by atoms with van der Waals surface area (Å²) in [5.41, 5.74) is 2.21. The van der Waals surface area contributed by atoms with Crippen molar-refractivity contribution in [2.75, 3.05) is 39.4 Å². The fourth-order valence-corrected chi connectivity index (χ4v) is 3.35. The minimum absolute atomic E-state index is 0.466. The monoisotopic (exact) mass is 408 g/mol. The maximum atomic E-state index is 6.05. The molecule has 146 valence electrons. The summed E-state index contributed by atoms with van der Waals surface area (Å²) in [6.07, 6.45) is 1.15. The first-order valence-electron chi connectivity index (χ1n) is 9.37. The van der Waals surface area contributed by atoms with Crippen molar-refractivity contribution in [2.24, 2.45) is 0 Å². The molecule has 0 atom stereocenters. The summed E-state index contributed by atoms with van der Waals surface area (Å²) in [5, 5.41) is 4.62. The van der Waals surface area contributed by atoms with E-state index in [4.69, 9.17) is 32.7 Å². The van der Waals surface area contributed by atoms with E-state index in [1.807, 2.05) is 24.3 Å². The van der Waals surface area contributed by atoms with E-state index in [9.17, 15) is 0 Å². The van der Waals surface area contributed by atoms with Crippen LogP contribution in [0.15, 0.2) is 42.5 Å². The van der Waals surface area contributed by atoms with Gasteiger partial charge in [-0.1, -0.05) is 41.4 Å². The van der Waals surface area contributed by atoms with Crippen LogP contribution in [0.4, 0.5) is 0 Å². The molecule has 27 heavy (non-hydrogen) atoms. The van der Waals surface area contributed by atoms with Gasteiger partial charge in [0, 0.05) is 19.6 Å². The van der Waals surface area contributed by atoms with Crippen LogP contribution in [0.3, 0.4) is 0 Å². The molecule has 4 nitrogen and oxygen atoms in total. The largest absolute Gasteiger partial charge is 0.489 e. The van der Waals surface area contributed by atoms with Gasteiger partial charge in [-0.3, -0.25) is 4.90 Å². The third-order valence-electron chi connectivity index (χ3n) is 4.55. The Hall–Kier alpha value is -1.30. The first-order valence-corrected chi connectivity index (χ1v) is 10.1. The van der Waals surface area contributed by atoms with Gasteiger partial charge in [-0.2, -0.15) is 0 Å². The number of ether oxygens (including phenoxy) is 2. The molecule has 1 heterocycles. The van der Waals surface area contributed by atoms with E-state index in [0.717, 1.165) is 63.7 Å². The molecule has 2 aromatic rings. The Labute approximate surface area is 171 Å². The van der Waals surface area contributed by atoms with Crippen molar-refractivity contribution in [3.63, 3.8) is 0 Å². The lowest BCUT2D eigenvalue weighted by Gasteiger charge is -2.26. The summed E-state index contributed by atoms with van der Waals surface area (Å²) < 4.78 is 11.3. The predicted octanol–water partition coefficient (Wildman–Crippen LogP) is 4.38. The second kappa shape index (κ2) is 10.9. The van der Waals surface area contributed by atoms with E-state index >= 15 is 0 Å². The average molecular weight is 409 g/mol. The fraction of sp³-hybridized carbons (Fsp3) is 0.429. The zero-order chi connectivity index (χ0) is 18.9. The molecular formula is C21H26Cl2N2O2. The Balaban J connectivity index is 1.38. The Bertz CT molecular complexity index is 721. The van der Waals surface area contributed by atoms with Crippen molar-refractivity contribution in [3.05, 3.63) is 63.6 Å². The molecule has 1 saturated heterocycles. The van der Waals surface area contributed by atoms with Crippen LogP contribution in [0.2, 0.25) is 10.0 Å². The lowest BCUT2D eigenvalue weighted by molar-refractivity contribution is 0.0374. The number of morpholine rings is 1. The summed E-state index contributed by atoms with van der Waals surface area (Å²) in [6.45, 7) is 7.27. The SMILES string of the molecule is Clc1ccc(COc2cccc(CNCCCN3CCOCC3)c2)cc1Cl. The molecule has 0 radical (unpaired) electrons. The highest BCUT2D eigenvalue weighted by molar-refractivity contribution is 6.42. The van der Waals surface area contributed by atoms with Crippen LogP contribution in [-0.4, -0.2) is 44.3 Å². The third kappa shape index (κ3) is 6.98. The van der Waals surface area contributed by atoms with Gasteiger partial charge in [-0.05, 0) is 54.9 Å². The van der Waals surface area contributed by atoms with Gasteiger partial charge in [0.1, 0.15) is 12.4 Å². The van der Waals surface area contributed by atoms with E-state index in [1.54, 1.807) is 6.07 Å². The summed E-state index contributed by atoms with van der Waals surface area (Å²) in [4.78, 5) is 2.46. The summed E-state index contributed by atoms with van der Waals surface area (Å²) in [5.74, 6) is 0.855. The lowest BCUT2D eigenvalue weighted by atomic mass is 10.2. The zero-order valence-corrected chi connectivity index (χ0v) is 16.9. The van der Waals surface area contributed by atoms with Crippen LogP contribution in [-0.2, 0) is 17.9 Å². The normalized spacial score (nSPS) is 15.0. The Morgan fingerprint density at radius 2 is 1.85 bits per heavy atom. The Morgan fingerprint density at radius 1 is 1.00 bits per heavy atom. The molecule has 0 spiro atoms. The maximum absolute atomic E-state index is 6.05. The van der Waals surface area contributed by atoms with Crippen LogP contribution >= 0.6 is 23.2 Å². The maximum Gasteiger partial charge on any atom is 0.120 e. The van der Waals surface area contributed by atoms with Crippen molar-refractivity contribution in [1.29, 1.82) is 0 Å². The van der Waals surface area contributed by atoms with Crippen molar-refractivity contribution in [1.82, 2.24) is 10.2 Å². The quantitative estimate of drug-likeness (QED) is 0.623. The van der Waals surface area contributed by atoms with Crippen molar-refractivity contribution in [3.8, 4) is 5.75 Å². The van der Waals surface area contributed by atoms with E-state index in [2.05, 4.69) is 22.3 Å². The van der Waals surface area contributed by atoms with Crippen molar-refractivity contribution >= 4 is 23.2 Å². The predicted molar refractivity (Wildman–Crippen MR) is 111 cm³/mol. The van der Waals surface area contributed by atoms with E-state index in [-0.39, 0.29) is 0 Å². The molecule has 2 aromatic carbocycles. The molecule has 1 N–H and O–H groups in total. The molecule has 6 heteroatoms. The molecule has 0 unspecified atom stereocenters. The average Bonchev–Trinajstić information content (AvgIpc) is 2.70. The molecule has 1 aliphatic rings. The Morgan fingerprint density at radius 3 is 2.67 bits per heavy atom. The number of benzene rings is 2. The topological polar surface area (TPSA) is 33.7 Å². The number of nitrogens with one attached hydrogen (secondary N) is 1. The fourth-order valence-electron chi connectivity index (χ4n) is 3.03. The second-order valence-corrected chi connectivity index (χ2v) is 7.48. The molecule has 0 bridgehead atoms. The summed E-state index contributed by atoms with van der Waals surface area (Å²) in [7, 11) is 0. The number of rotatable bonds is 9. The second-order valence-electron chi connectivity index (χ2n) is 6.67. The molecule has 0 aliphatic carbocycles. The molecule has 1 fully saturated rings. The van der Waals surface area contributed by atoms with Gasteiger partial charge >= 0.3 is 0 Å². The first kappa shape index (κ1) is 20.4. The van der Waals surface area contributed by atoms with Gasteiger partial charge in [0.2, 0.25) is 0 Å². The lowest BCUT2D eigenvalue weighted by Crippen LogP contribution is -2.37. The van der Waals surface area contributed by atoms with Gasteiger partial charge in [0.25, 0.3) is 0 Å². The van der Waals surface area contributed by atoms with E-state index < -0.39 is 0 Å². The minimum Gasteiger partial charge on any atom is -0.489 e. The van der Waals surface area contributed by atoms with Crippen molar-refractivity contribution < 1.29 is 9.47 Å². The molecule has 0 saturated carbocycles. The number of hydrogen-bond donors (Lipinski definition) is 1. The highest BCUT2D eigenvalue weighted by Gasteiger charge is 2.09. The molecule has 0 aromatic heterocycles. The highest BCUT2D eigenvalue weighted by Crippen LogP contribution is 2.23. The van der Waals surface area contributed by atoms with Gasteiger partial charge in [0.15, 0.2) is 0 Å². The highest BCUT2D eigenvalue weighted by atomic mass is 35.5. The van der Waals surface area contributed by atoms with Crippen LogP contribution in [0.25, 0.3) is 0 Å². The zero-order valence-electron chi connectivity index (χ0n) is 15.4. The summed E-state index contributed by atoms with van der Waals surface area (Å²) in [6, 6.07) is 13.7. The molecular weight excluding hydrogens is 383 g/mol. The van der Waals surface area contributed by atoms with Crippen LogP contribution in [0.5, 0.6) is 5.75 Å². The Kier molecular flexibility index (Phi) is 8.24. The van der Waals surface area contributed by atoms with Gasteiger partial charge in [-0.25, -0.2) is 0 Å². The smallest absolute Gasteiger partial charge is 0.120 e. The first-order chi connectivity index (χ1) is 13.2. The van der Waals surface area contributed by atoms with Gasteiger partial charge in [0.05, 0.1) is 23.3 Å².